The zero-order chi connectivity index (χ0) is 104. The molecule has 45 heteroatoms. The van der Waals surface area contributed by atoms with Crippen LogP contribution in [0.3, 0.4) is 0 Å². The number of halogens is 2. The number of esters is 6. The predicted molar refractivity (Wildman–Crippen MR) is 505 cm³/mol. The van der Waals surface area contributed by atoms with Gasteiger partial charge in [-0.2, -0.15) is 0 Å². The van der Waals surface area contributed by atoms with Crippen LogP contribution in [0.25, 0.3) is 29.1 Å². The number of rotatable bonds is 27. The number of aliphatic hydroxyl groups excluding tert-OH is 5. The molecule has 141 heavy (non-hydrogen) atoms. The Morgan fingerprint density at radius 1 is 0.496 bits per heavy atom. The first-order valence-corrected chi connectivity index (χ1v) is 51.2. The molecule has 0 amide bonds. The van der Waals surface area contributed by atoms with Gasteiger partial charge in [0.1, 0.15) is 59.1 Å². The molecule has 15 fully saturated rings. The summed E-state index contributed by atoms with van der Waals surface area (Å²) in [5.41, 5.74) is -3.84. The number of methoxy groups -OCH3 is 3. The van der Waals surface area contributed by atoms with E-state index in [2.05, 4.69) is 97.3 Å². The third kappa shape index (κ3) is 33.2. The maximum atomic E-state index is 11.3. The van der Waals surface area contributed by atoms with Crippen LogP contribution >= 0.6 is 39.5 Å². The molecule has 5 N–H and O–H groups in total. The SMILES string of the molecule is CC(=O)OC(C)(C)C(=O)Br.COC(=O)CP(=O)(OC)OC.[2H][B].[C-]#[N+]CC[C@H]1CC[C@@H]2O[C@@H](/C=C/C(=O)OC)C[C@]2(CO)O1.[C-]#[N+]CC[C@H]1CC[C@@H]2O[C@@H](CCC(=O)OC)C[C@]2(CO)O1.[C-]#[N+]CC[C@H]1CC[C@@H]2O[C@@H]3C[C@]2(C=C[C@H]3OC(C)=O)O1.[C-]#[N+]CC[C@H]1CC[C@@H]2O[C@@H]3C[C@]2(CO[C@H]3O)O1.[C-]#[N+]CC[C@H]1CC[C@@H]2O[C@@H]3C[C@]2(C[C@@H](O)[C@H]3O)O1.[C-]#[N+]CC[C@H]1CC[C@@H]2O[C@@H]3C[C@]2(C[C@H](Br)[C@H]3OC(C)=O)O1.[U]. The van der Waals surface area contributed by atoms with Crippen molar-refractivity contribution in [1.82, 2.24) is 0 Å². The van der Waals surface area contributed by atoms with Gasteiger partial charge in [0.25, 0.3) is 0 Å². The monoisotopic (exact) mass is 2360 g/mol. The number of hydrogen-bond acceptors (Lipinski definition) is 34. The summed E-state index contributed by atoms with van der Waals surface area (Å²) >= 11 is 6.36. The van der Waals surface area contributed by atoms with Crippen LogP contribution in [-0.2, 0) is 137 Å². The van der Waals surface area contributed by atoms with E-state index in [0.29, 0.717) is 104 Å². The van der Waals surface area contributed by atoms with E-state index in [1.165, 1.54) is 76.2 Å². The summed E-state index contributed by atoms with van der Waals surface area (Å²) in [5.74, 6) is -2.31. The first kappa shape index (κ1) is 121. The molecule has 0 aromatic heterocycles. The maximum absolute atomic E-state index is 11.3. The number of hydrogen-bond donors (Lipinski definition) is 5. The summed E-state index contributed by atoms with van der Waals surface area (Å²) in [6, 6.07) is 0. The Bertz CT molecular complexity index is 4460. The van der Waals surface area contributed by atoms with E-state index < -0.39 is 66.4 Å². The fourth-order valence-electron chi connectivity index (χ4n) is 21.3. The number of aliphatic hydroxyl groups is 5. The standard InChI is InChI=1S/C15H20BrNO4.C15H23NO5.C15H21NO5.C15H19NO4.C13H19NO4.C12H17NO4.C6H9BrO3.C5H11O5P.BH.U/c1-9(18)19-14-11(16)7-15-8-12(14)20-13(15)4-3-10(21-15)5-6-17-2;2*1-16-8-7-11-3-5-13-15(10-17,21-11)9-12(20-13)4-6-14(18)19-2;1-10(17)18-12-5-7-15-9-13(12)19-14(15)4-3-11(20-15)6-8-16-2;1-14-5-4-8-2-3-11-13(18-8)6-9(15)12(16)10(7-13)17-11;1-13-5-4-8-2-3-10-12(17-8)6-9(16-10)11(14)15-7-12;1-4(8)10-6(2,3)5(7)9;1-8-5(6)4-11(7,9-2)10-3;;/h10-14H,3-8H2,1H3;11-13,17H,3-10H2,2H3;4,6,11-13,17H,3,5,7-10H2,2H3;5,7,11-14H,3-4,6,8-9H2,1H3;8-12,15-16H,2-7H2;8-11,14H,2-7H2;1-3H3;4H2,1-3H3;1H;/b;;6-4+;;;;;;;/t10-,11+,12-,13+,14-,15+;2*11-,12+,13+,15-;11-,12-,13-,14+,15+;8-,9-,10-,11+,12-,13+;8-,9-,10+,11-,12-;;;;/m111111..../s1/i;;;;;;;;1D;. The molecule has 0 aromatic carbocycles. The van der Waals surface area contributed by atoms with E-state index >= 15 is 0 Å². The van der Waals surface area contributed by atoms with Gasteiger partial charge in [-0.1, -0.05) is 22.0 Å². The number of alkyl halides is 1. The van der Waals surface area contributed by atoms with E-state index in [1.54, 1.807) is 6.08 Å². The third-order valence-corrected chi connectivity index (χ3v) is 31.7. The van der Waals surface area contributed by atoms with Crippen LogP contribution in [0.1, 0.15) is 214 Å². The maximum Gasteiger partial charge on any atom is 0.341 e. The predicted octanol–water partition coefficient (Wildman–Crippen LogP) is 9.21. The summed E-state index contributed by atoms with van der Waals surface area (Å²) in [4.78, 5) is 96.6. The van der Waals surface area contributed by atoms with Gasteiger partial charge in [0.05, 0.1) is 161 Å². The Balaban J connectivity index is 0.000000222. The Kier molecular flexibility index (Phi) is 49.0. The molecular weight excluding hydrogens is 2220 g/mol. The summed E-state index contributed by atoms with van der Waals surface area (Å²) < 4.78 is 132. The minimum absolute atomic E-state index is 0. The molecule has 13 saturated heterocycles. The first-order valence-electron chi connectivity index (χ1n) is 48.4. The second kappa shape index (κ2) is 57.3. The van der Waals surface area contributed by atoms with E-state index in [-0.39, 0.29) is 217 Å². The average Bonchev–Trinajstić information content (AvgIpc) is 1.59. The van der Waals surface area contributed by atoms with Crippen LogP contribution in [-0.4, -0.2) is 361 Å². The fraction of sp³-hybridized carbons (Fsp3) is 0.823. The Morgan fingerprint density at radius 3 is 1.40 bits per heavy atom. The van der Waals surface area contributed by atoms with Crippen molar-refractivity contribution in [3.05, 3.63) is 92.8 Å². The normalized spacial score (nSPS) is 37.1. The number of ether oxygens (including phenoxy) is 19. The molecule has 13 heterocycles. The first-order chi connectivity index (χ1) is 67.2. The molecule has 2 saturated carbocycles. The van der Waals surface area contributed by atoms with Gasteiger partial charge >= 0.3 is 43.4 Å². The van der Waals surface area contributed by atoms with Gasteiger partial charge in [-0.05, 0) is 133 Å². The van der Waals surface area contributed by atoms with Gasteiger partial charge in [0, 0.05) is 170 Å². The summed E-state index contributed by atoms with van der Waals surface area (Å²) in [5, 5.41) is 48.9. The van der Waals surface area contributed by atoms with Gasteiger partial charge in [-0.25, -0.2) is 44.2 Å². The third-order valence-electron chi connectivity index (χ3n) is 28.1. The molecule has 30 atom stereocenters. The van der Waals surface area contributed by atoms with Gasteiger partial charge in [0.15, 0.2) is 11.9 Å². The van der Waals surface area contributed by atoms with Crippen molar-refractivity contribution < 1.29 is 194 Å². The van der Waals surface area contributed by atoms with Crippen molar-refractivity contribution in [3.8, 4) is 0 Å². The molecule has 4 spiro atoms. The van der Waals surface area contributed by atoms with Crippen LogP contribution in [0, 0.1) is 70.5 Å². The molecule has 3 aliphatic carbocycles. The Hall–Kier alpha value is -5.58. The Morgan fingerprint density at radius 2 is 0.929 bits per heavy atom. The van der Waals surface area contributed by atoms with Crippen molar-refractivity contribution >= 4 is 88.3 Å². The van der Waals surface area contributed by atoms with Crippen molar-refractivity contribution in [1.29, 1.82) is 1.34 Å². The quantitative estimate of drug-likeness (QED) is 0.00588. The molecule has 8 bridgehead atoms. The van der Waals surface area contributed by atoms with E-state index in [9.17, 15) is 63.7 Å². The molecule has 16 rings (SSSR count). The molecule has 0 unspecified atom stereocenters. The van der Waals surface area contributed by atoms with Crippen LogP contribution in [0.5, 0.6) is 0 Å². The van der Waals surface area contributed by atoms with E-state index in [1.807, 2.05) is 12.2 Å². The number of carbonyl (C=O) groups excluding carboxylic acids is 7. The number of nitrogens with zero attached hydrogens (tertiary/aromatic N) is 6. The fourth-order valence-corrected chi connectivity index (χ4v) is 23.2. The Labute approximate surface area is 870 Å². The van der Waals surface area contributed by atoms with E-state index in [4.69, 9.17) is 112 Å². The minimum atomic E-state index is -3.23. The molecule has 2 radical (unpaired) electrons. The summed E-state index contributed by atoms with van der Waals surface area (Å²) in [6.45, 7) is 51.4. The van der Waals surface area contributed by atoms with Crippen molar-refractivity contribution in [2.75, 3.05) is 101 Å². The topological polar surface area (TPSA) is 458 Å². The zero-order valence-electron chi connectivity index (χ0n) is 83.1. The smallest absolute Gasteiger partial charge is 0.341 e. The van der Waals surface area contributed by atoms with Crippen LogP contribution in [0.4, 0.5) is 0 Å². The second-order valence-electron chi connectivity index (χ2n) is 38.1. The van der Waals surface area contributed by atoms with E-state index in [0.717, 1.165) is 122 Å². The minimum Gasteiger partial charge on any atom is -0.469 e. The molecule has 40 nitrogen and oxygen atoms in total. The number of carbonyl (C=O) groups is 7. The van der Waals surface area contributed by atoms with Crippen molar-refractivity contribution in [2.24, 2.45) is 0 Å². The van der Waals surface area contributed by atoms with Gasteiger partial charge in [0.2, 0.25) is 44.0 Å². The van der Waals surface area contributed by atoms with Gasteiger partial charge < -0.3 is 154 Å². The van der Waals surface area contributed by atoms with Crippen LogP contribution in [0.2, 0.25) is 0 Å². The number of fused-ring (bicyclic) bond motifs is 6. The summed E-state index contributed by atoms with van der Waals surface area (Å²) in [7, 11) is 6.85. The molecule has 784 valence electrons. The average molecular weight is 2360 g/mol. The van der Waals surface area contributed by atoms with Crippen LogP contribution < -0.4 is 0 Å². The zero-order valence-corrected chi connectivity index (χ0v) is 90.3. The van der Waals surface area contributed by atoms with Crippen LogP contribution in [0.15, 0.2) is 24.3 Å². The molecular formula is C96H140BBr2N6O34PU. The molecule has 13 aliphatic heterocycles. The van der Waals surface area contributed by atoms with Gasteiger partial charge in [-0.15, -0.1) is 0 Å². The van der Waals surface area contributed by atoms with Gasteiger partial charge in [-0.3, -0.25) is 33.3 Å². The van der Waals surface area contributed by atoms with Crippen molar-refractivity contribution in [2.45, 2.75) is 399 Å². The molecule has 16 aliphatic rings. The van der Waals surface area contributed by atoms with Crippen molar-refractivity contribution in [3.63, 3.8) is 0 Å². The second-order valence-corrected chi connectivity index (χ2v) is 42.2. The summed E-state index contributed by atoms with van der Waals surface area (Å²) in [6.07, 6.45) is 24.5. The molecule has 0 aromatic rings. The largest absolute Gasteiger partial charge is 0.469 e.